The van der Waals surface area contributed by atoms with E-state index in [2.05, 4.69) is 18.6 Å². The standard InChI is InChI=1S/C20H29BN2O5S/c1-29(25,26)22-17-8-9-23-18(17)11-27-13-6-7-14(16(21)10-13)15-4-2-3-5-19(15)28-12-20(23)24/h2-5,13-14,16-18,22H,6-12,21H2,1H3/t13-,14-,16?,17+,18+/m1/s1. The zero-order valence-corrected chi connectivity index (χ0v) is 17.9. The fraction of sp³-hybridized carbons (Fsp3) is 0.650. The van der Waals surface area contributed by atoms with Gasteiger partial charge in [-0.2, -0.15) is 0 Å². The van der Waals surface area contributed by atoms with Crippen molar-refractivity contribution in [1.82, 2.24) is 9.62 Å². The lowest BCUT2D eigenvalue weighted by atomic mass is 9.65. The number of ether oxygens (including phenoxy) is 2. The average molecular weight is 420 g/mol. The lowest BCUT2D eigenvalue weighted by Gasteiger charge is -2.36. The highest BCUT2D eigenvalue weighted by atomic mass is 32.2. The van der Waals surface area contributed by atoms with Gasteiger partial charge in [0, 0.05) is 12.6 Å². The maximum absolute atomic E-state index is 12.9. The molecule has 5 atom stereocenters. The van der Waals surface area contributed by atoms with E-state index >= 15 is 0 Å². The van der Waals surface area contributed by atoms with Crippen molar-refractivity contribution in [3.05, 3.63) is 29.8 Å². The zero-order valence-electron chi connectivity index (χ0n) is 17.0. The normalized spacial score (nSPS) is 33.1. The Morgan fingerprint density at radius 2 is 2.00 bits per heavy atom. The van der Waals surface area contributed by atoms with Gasteiger partial charge in [0.15, 0.2) is 6.61 Å². The summed E-state index contributed by atoms with van der Waals surface area (Å²) in [5, 5.41) is 0. The highest BCUT2D eigenvalue weighted by Gasteiger charge is 2.40. The summed E-state index contributed by atoms with van der Waals surface area (Å²) in [6, 6.07) is 7.35. The summed E-state index contributed by atoms with van der Waals surface area (Å²) in [5.41, 5.74) is 1.17. The van der Waals surface area contributed by atoms with E-state index in [1.807, 2.05) is 18.2 Å². The molecule has 1 N–H and O–H groups in total. The number of hydrogen-bond donors (Lipinski definition) is 1. The minimum Gasteiger partial charge on any atom is -0.483 e. The SMILES string of the molecule is BC1C[C@H]2CC[C@@H]1c1ccccc1OCC(=O)N1CC[C@H](NS(C)(=O)=O)[C@@H]1CO2. The van der Waals surface area contributed by atoms with Crippen LogP contribution in [0.3, 0.4) is 0 Å². The molecule has 29 heavy (non-hydrogen) atoms. The van der Waals surface area contributed by atoms with E-state index < -0.39 is 10.0 Å². The van der Waals surface area contributed by atoms with Crippen LogP contribution in [0, 0.1) is 0 Å². The minimum absolute atomic E-state index is 0.0519. The smallest absolute Gasteiger partial charge is 0.260 e. The third-order valence-electron chi connectivity index (χ3n) is 6.53. The molecule has 9 heteroatoms. The largest absolute Gasteiger partial charge is 0.483 e. The highest BCUT2D eigenvalue weighted by Crippen LogP contribution is 2.44. The van der Waals surface area contributed by atoms with Crippen molar-refractivity contribution in [3.63, 3.8) is 0 Å². The fourth-order valence-corrected chi connectivity index (χ4v) is 5.94. The maximum Gasteiger partial charge on any atom is 0.260 e. The van der Waals surface area contributed by atoms with Gasteiger partial charge in [-0.1, -0.05) is 24.0 Å². The predicted molar refractivity (Wildman–Crippen MR) is 112 cm³/mol. The Balaban J connectivity index is 1.62. The molecular weight excluding hydrogens is 391 g/mol. The van der Waals surface area contributed by atoms with E-state index in [1.54, 1.807) is 4.90 Å². The molecule has 1 aromatic carbocycles. The quantitative estimate of drug-likeness (QED) is 0.712. The molecule has 0 aromatic heterocycles. The Morgan fingerprint density at radius 3 is 2.76 bits per heavy atom. The van der Waals surface area contributed by atoms with Crippen LogP contribution in [0.5, 0.6) is 5.75 Å². The summed E-state index contributed by atoms with van der Waals surface area (Å²) < 4.78 is 38.5. The van der Waals surface area contributed by atoms with Gasteiger partial charge >= 0.3 is 0 Å². The Morgan fingerprint density at radius 1 is 1.21 bits per heavy atom. The molecular formula is C20H29BN2O5S. The molecule has 0 spiro atoms. The number of benzene rings is 1. The minimum atomic E-state index is -3.37. The molecule has 2 fully saturated rings. The molecule has 7 nitrogen and oxygen atoms in total. The number of amides is 1. The number of para-hydroxylation sites is 1. The summed E-state index contributed by atoms with van der Waals surface area (Å²) in [4.78, 5) is 14.7. The van der Waals surface area contributed by atoms with Crippen molar-refractivity contribution in [1.29, 1.82) is 0 Å². The van der Waals surface area contributed by atoms with E-state index in [-0.39, 0.29) is 30.7 Å². The Bertz CT molecular complexity index is 864. The van der Waals surface area contributed by atoms with Crippen molar-refractivity contribution < 1.29 is 22.7 Å². The molecule has 2 bridgehead atoms. The monoisotopic (exact) mass is 420 g/mol. The van der Waals surface area contributed by atoms with E-state index in [4.69, 9.17) is 9.47 Å². The van der Waals surface area contributed by atoms with E-state index in [0.29, 0.717) is 31.3 Å². The third-order valence-corrected chi connectivity index (χ3v) is 7.26. The molecule has 4 aliphatic rings. The summed E-state index contributed by atoms with van der Waals surface area (Å²) in [6.07, 6.45) is 4.77. The summed E-state index contributed by atoms with van der Waals surface area (Å²) in [7, 11) is -1.12. The first-order chi connectivity index (χ1) is 13.8. The first-order valence-electron chi connectivity index (χ1n) is 10.4. The lowest BCUT2D eigenvalue weighted by Crippen LogP contribution is -2.50. The second kappa shape index (κ2) is 8.28. The van der Waals surface area contributed by atoms with Crippen molar-refractivity contribution in [3.8, 4) is 5.75 Å². The summed E-state index contributed by atoms with van der Waals surface area (Å²) in [5.74, 6) is 1.48. The maximum atomic E-state index is 12.9. The van der Waals surface area contributed by atoms with Crippen LogP contribution in [0.2, 0.25) is 5.82 Å². The molecule has 0 radical (unpaired) electrons. The number of carbonyl (C=O) groups excluding carboxylic acids is 1. The van der Waals surface area contributed by atoms with Gasteiger partial charge in [0.05, 0.1) is 25.0 Å². The van der Waals surface area contributed by atoms with E-state index in [0.717, 1.165) is 31.3 Å². The van der Waals surface area contributed by atoms with Crippen molar-refractivity contribution in [2.75, 3.05) is 26.0 Å². The number of rotatable bonds is 2. The van der Waals surface area contributed by atoms with Crippen LogP contribution >= 0.6 is 0 Å². The van der Waals surface area contributed by atoms with Crippen LogP contribution in [-0.4, -0.2) is 71.3 Å². The van der Waals surface area contributed by atoms with Crippen LogP contribution in [-0.2, 0) is 19.6 Å². The Kier molecular flexibility index (Phi) is 5.91. The number of hydrogen-bond acceptors (Lipinski definition) is 5. The van der Waals surface area contributed by atoms with Crippen LogP contribution in [0.1, 0.15) is 37.2 Å². The van der Waals surface area contributed by atoms with Gasteiger partial charge < -0.3 is 14.4 Å². The zero-order chi connectivity index (χ0) is 20.6. The topological polar surface area (TPSA) is 84.9 Å². The van der Waals surface area contributed by atoms with Crippen LogP contribution in [0.25, 0.3) is 0 Å². The highest BCUT2D eigenvalue weighted by molar-refractivity contribution is 7.88. The summed E-state index contributed by atoms with van der Waals surface area (Å²) in [6.45, 7) is 0.784. The van der Waals surface area contributed by atoms with Gasteiger partial charge in [0.2, 0.25) is 10.0 Å². The van der Waals surface area contributed by atoms with Gasteiger partial charge in [-0.25, -0.2) is 13.1 Å². The van der Waals surface area contributed by atoms with Crippen molar-refractivity contribution in [2.45, 2.75) is 55.6 Å². The third kappa shape index (κ3) is 4.62. The first-order valence-corrected chi connectivity index (χ1v) is 12.3. The molecule has 1 aliphatic carbocycles. The van der Waals surface area contributed by atoms with Crippen LogP contribution in [0.15, 0.2) is 24.3 Å². The second-order valence-corrected chi connectivity index (χ2v) is 10.4. The predicted octanol–water partition coefficient (Wildman–Crippen LogP) is 0.672. The van der Waals surface area contributed by atoms with Crippen molar-refractivity contribution in [2.24, 2.45) is 0 Å². The number of sulfonamides is 1. The number of carbonyl (C=O) groups is 1. The van der Waals surface area contributed by atoms with E-state index in [1.165, 1.54) is 5.56 Å². The second-order valence-electron chi connectivity index (χ2n) is 8.62. The van der Waals surface area contributed by atoms with Gasteiger partial charge in [-0.3, -0.25) is 4.79 Å². The molecule has 1 amide bonds. The van der Waals surface area contributed by atoms with Crippen molar-refractivity contribution >= 4 is 23.8 Å². The van der Waals surface area contributed by atoms with Gasteiger partial charge in [-0.05, 0) is 43.2 Å². The molecule has 1 aromatic rings. The van der Waals surface area contributed by atoms with E-state index in [9.17, 15) is 13.2 Å². The number of nitrogens with one attached hydrogen (secondary N) is 1. The molecule has 3 aliphatic heterocycles. The lowest BCUT2D eigenvalue weighted by molar-refractivity contribution is -0.136. The molecule has 5 rings (SSSR count). The number of nitrogens with zero attached hydrogens (tertiary/aromatic N) is 1. The average Bonchev–Trinajstić information content (AvgIpc) is 3.05. The number of fused-ring (bicyclic) bond motifs is 5. The van der Waals surface area contributed by atoms with Gasteiger partial charge in [0.25, 0.3) is 5.91 Å². The molecule has 3 heterocycles. The fourth-order valence-electron chi connectivity index (χ4n) is 5.12. The Hall–Kier alpha value is -1.58. The van der Waals surface area contributed by atoms with Crippen LogP contribution in [0.4, 0.5) is 0 Å². The Labute approximate surface area is 173 Å². The molecule has 1 saturated heterocycles. The van der Waals surface area contributed by atoms with Crippen LogP contribution < -0.4 is 9.46 Å². The molecule has 1 unspecified atom stereocenters. The first kappa shape index (κ1) is 20.7. The molecule has 158 valence electrons. The summed E-state index contributed by atoms with van der Waals surface area (Å²) >= 11 is 0. The molecule has 1 saturated carbocycles. The van der Waals surface area contributed by atoms with Gasteiger partial charge in [0.1, 0.15) is 13.6 Å². The van der Waals surface area contributed by atoms with Gasteiger partial charge in [-0.15, -0.1) is 0 Å².